The number of carbonyl (C=O) groups is 2. The van der Waals surface area contributed by atoms with E-state index >= 15 is 0 Å². The lowest BCUT2D eigenvalue weighted by atomic mass is 9.78. The highest BCUT2D eigenvalue weighted by atomic mass is 35.5. The molecular formula is C26H31ClN4O3. The first kappa shape index (κ1) is 23.1. The van der Waals surface area contributed by atoms with E-state index < -0.39 is 5.91 Å². The number of amides is 2. The van der Waals surface area contributed by atoms with Gasteiger partial charge in [0, 0.05) is 43.0 Å². The second-order valence-corrected chi connectivity index (χ2v) is 10.4. The van der Waals surface area contributed by atoms with Crippen LogP contribution in [0, 0.1) is 5.41 Å². The average molecular weight is 483 g/mol. The summed E-state index contributed by atoms with van der Waals surface area (Å²) in [6.07, 6.45) is 7.61. The van der Waals surface area contributed by atoms with E-state index in [0.29, 0.717) is 22.9 Å². The highest BCUT2D eigenvalue weighted by Crippen LogP contribution is 2.44. The van der Waals surface area contributed by atoms with Gasteiger partial charge in [-0.15, -0.1) is 0 Å². The summed E-state index contributed by atoms with van der Waals surface area (Å²) in [5.74, 6) is 0.518. The SMILES string of the molecule is NC(=O)c1ccc(-c2cnc(N3CCCC4(CCN(C5CCC(O)CC5)C4=O)C3)c(Cl)c2)cc1. The molecule has 34 heavy (non-hydrogen) atoms. The number of likely N-dealkylation sites (tertiary alicyclic amines) is 1. The van der Waals surface area contributed by atoms with Crippen LogP contribution in [0.5, 0.6) is 0 Å². The number of hydrogen-bond donors (Lipinski definition) is 2. The molecule has 5 rings (SSSR count). The van der Waals surface area contributed by atoms with Crippen LogP contribution < -0.4 is 10.6 Å². The molecule has 2 aliphatic heterocycles. The molecule has 7 nitrogen and oxygen atoms in total. The number of nitrogens with zero attached hydrogens (tertiary/aromatic N) is 3. The van der Waals surface area contributed by atoms with Gasteiger partial charge in [-0.25, -0.2) is 4.98 Å². The molecule has 1 aromatic heterocycles. The summed E-state index contributed by atoms with van der Waals surface area (Å²) in [7, 11) is 0. The van der Waals surface area contributed by atoms with Crippen LogP contribution in [0.1, 0.15) is 55.3 Å². The number of nitrogens with two attached hydrogens (primary N) is 1. The van der Waals surface area contributed by atoms with Crippen LogP contribution in [0.3, 0.4) is 0 Å². The van der Waals surface area contributed by atoms with Crippen molar-refractivity contribution in [2.75, 3.05) is 24.5 Å². The van der Waals surface area contributed by atoms with E-state index in [1.54, 1.807) is 18.3 Å². The van der Waals surface area contributed by atoms with Crippen molar-refractivity contribution in [3.8, 4) is 11.1 Å². The zero-order valence-corrected chi connectivity index (χ0v) is 20.0. The first-order chi connectivity index (χ1) is 16.4. The van der Waals surface area contributed by atoms with Gasteiger partial charge in [0.25, 0.3) is 0 Å². The largest absolute Gasteiger partial charge is 0.393 e. The van der Waals surface area contributed by atoms with Gasteiger partial charge in [0.05, 0.1) is 16.5 Å². The molecule has 3 aliphatic rings. The minimum absolute atomic E-state index is 0.217. The molecule has 2 aromatic rings. The molecule has 1 spiro atoms. The monoisotopic (exact) mass is 482 g/mol. The maximum atomic E-state index is 13.6. The number of halogens is 1. The maximum Gasteiger partial charge on any atom is 0.248 e. The van der Waals surface area contributed by atoms with Gasteiger partial charge in [0.2, 0.25) is 11.8 Å². The summed E-state index contributed by atoms with van der Waals surface area (Å²) >= 11 is 6.69. The lowest BCUT2D eigenvalue weighted by Crippen LogP contribution is -2.50. The van der Waals surface area contributed by atoms with Crippen molar-refractivity contribution in [3.05, 3.63) is 47.1 Å². The molecular weight excluding hydrogens is 452 g/mol. The van der Waals surface area contributed by atoms with Gasteiger partial charge in [-0.1, -0.05) is 23.7 Å². The number of hydrogen-bond acceptors (Lipinski definition) is 5. The van der Waals surface area contributed by atoms with Crippen molar-refractivity contribution < 1.29 is 14.7 Å². The molecule has 1 saturated carbocycles. The summed E-state index contributed by atoms with van der Waals surface area (Å²) < 4.78 is 0. The van der Waals surface area contributed by atoms with Crippen molar-refractivity contribution in [3.63, 3.8) is 0 Å². The Balaban J connectivity index is 1.32. The van der Waals surface area contributed by atoms with E-state index in [1.165, 1.54) is 0 Å². The van der Waals surface area contributed by atoms with E-state index in [4.69, 9.17) is 17.3 Å². The third kappa shape index (κ3) is 4.27. The molecule has 8 heteroatoms. The number of pyridine rings is 1. The Kier molecular flexibility index (Phi) is 6.25. The molecule has 3 N–H and O–H groups in total. The summed E-state index contributed by atoms with van der Waals surface area (Å²) in [4.78, 5) is 33.8. The van der Waals surface area contributed by atoms with Crippen LogP contribution in [0.2, 0.25) is 5.02 Å². The van der Waals surface area contributed by atoms with Crippen molar-refractivity contribution in [2.45, 2.75) is 57.1 Å². The molecule has 3 heterocycles. The van der Waals surface area contributed by atoms with Crippen LogP contribution in [-0.4, -0.2) is 58.6 Å². The van der Waals surface area contributed by atoms with Gasteiger partial charge in [0.1, 0.15) is 5.82 Å². The van der Waals surface area contributed by atoms with E-state index in [-0.39, 0.29) is 23.5 Å². The Morgan fingerprint density at radius 2 is 1.82 bits per heavy atom. The Labute approximate surface area is 204 Å². The Morgan fingerprint density at radius 3 is 2.50 bits per heavy atom. The van der Waals surface area contributed by atoms with Crippen molar-refractivity contribution >= 4 is 29.2 Å². The van der Waals surface area contributed by atoms with Crippen LogP contribution in [0.15, 0.2) is 36.5 Å². The van der Waals surface area contributed by atoms with E-state index in [9.17, 15) is 14.7 Å². The minimum atomic E-state index is -0.460. The number of aliphatic hydroxyl groups excluding tert-OH is 1. The lowest BCUT2D eigenvalue weighted by molar-refractivity contribution is -0.139. The van der Waals surface area contributed by atoms with Gasteiger partial charge in [-0.2, -0.15) is 0 Å². The van der Waals surface area contributed by atoms with Gasteiger partial charge in [0.15, 0.2) is 0 Å². The zero-order chi connectivity index (χ0) is 23.9. The smallest absolute Gasteiger partial charge is 0.248 e. The predicted molar refractivity (Wildman–Crippen MR) is 132 cm³/mol. The number of anilines is 1. The molecule has 1 atom stereocenters. The van der Waals surface area contributed by atoms with E-state index in [0.717, 1.165) is 69.2 Å². The quantitative estimate of drug-likeness (QED) is 0.693. The number of carbonyl (C=O) groups excluding carboxylic acids is 2. The molecule has 2 saturated heterocycles. The Hall–Kier alpha value is -2.64. The standard InChI is InChI=1S/C26H31ClN4O3/c27-22-14-19(17-2-4-18(5-3-17)23(28)33)15-29-24(22)30-12-1-10-26(16-30)11-13-31(25(26)34)20-6-8-21(32)9-7-20/h2-5,14-15,20-21,32H,1,6-13,16H2,(H2,28,33). The predicted octanol–water partition coefficient (Wildman–Crippen LogP) is 3.62. The number of rotatable bonds is 4. The van der Waals surface area contributed by atoms with E-state index in [1.807, 2.05) is 18.2 Å². The second-order valence-electron chi connectivity index (χ2n) is 9.99. The fourth-order valence-electron chi connectivity index (χ4n) is 5.91. The molecule has 180 valence electrons. The number of benzene rings is 1. The molecule has 1 unspecified atom stereocenters. The minimum Gasteiger partial charge on any atom is -0.393 e. The third-order valence-corrected chi connectivity index (χ3v) is 8.13. The molecule has 0 radical (unpaired) electrons. The number of aromatic nitrogens is 1. The summed E-state index contributed by atoms with van der Waals surface area (Å²) in [5.41, 5.74) is 7.18. The lowest BCUT2D eigenvalue weighted by Gasteiger charge is -2.41. The molecule has 1 aromatic carbocycles. The van der Waals surface area contributed by atoms with E-state index in [2.05, 4.69) is 14.8 Å². The van der Waals surface area contributed by atoms with Crippen LogP contribution >= 0.6 is 11.6 Å². The van der Waals surface area contributed by atoms with Crippen LogP contribution in [-0.2, 0) is 4.79 Å². The third-order valence-electron chi connectivity index (χ3n) is 7.85. The van der Waals surface area contributed by atoms with Gasteiger partial charge in [-0.05, 0) is 68.7 Å². The summed E-state index contributed by atoms with van der Waals surface area (Å²) in [6.45, 7) is 2.26. The number of piperidine rings is 1. The highest BCUT2D eigenvalue weighted by molar-refractivity contribution is 6.33. The van der Waals surface area contributed by atoms with Crippen molar-refractivity contribution in [1.29, 1.82) is 0 Å². The molecule has 2 amide bonds. The average Bonchev–Trinajstić information content (AvgIpc) is 3.14. The maximum absolute atomic E-state index is 13.6. The topological polar surface area (TPSA) is 99.8 Å². The fraction of sp³-hybridized carbons (Fsp3) is 0.500. The van der Waals surface area contributed by atoms with Crippen molar-refractivity contribution in [2.24, 2.45) is 11.1 Å². The van der Waals surface area contributed by atoms with Crippen LogP contribution in [0.25, 0.3) is 11.1 Å². The fourth-order valence-corrected chi connectivity index (χ4v) is 6.19. The molecule has 3 fully saturated rings. The second kappa shape index (κ2) is 9.19. The zero-order valence-electron chi connectivity index (χ0n) is 19.3. The van der Waals surface area contributed by atoms with Crippen LogP contribution in [0.4, 0.5) is 5.82 Å². The normalized spacial score (nSPS) is 27.4. The number of aliphatic hydroxyl groups is 1. The Morgan fingerprint density at radius 1 is 1.09 bits per heavy atom. The van der Waals surface area contributed by atoms with Gasteiger partial charge >= 0.3 is 0 Å². The molecule has 1 aliphatic carbocycles. The highest BCUT2D eigenvalue weighted by Gasteiger charge is 2.51. The first-order valence-electron chi connectivity index (χ1n) is 12.2. The summed E-state index contributed by atoms with van der Waals surface area (Å²) in [6, 6.07) is 9.20. The first-order valence-corrected chi connectivity index (χ1v) is 12.5. The van der Waals surface area contributed by atoms with Crippen molar-refractivity contribution in [1.82, 2.24) is 9.88 Å². The summed E-state index contributed by atoms with van der Waals surface area (Å²) in [5, 5.41) is 10.4. The van der Waals surface area contributed by atoms with Gasteiger partial charge < -0.3 is 20.6 Å². The Bertz CT molecular complexity index is 1080. The molecule has 0 bridgehead atoms. The van der Waals surface area contributed by atoms with Gasteiger partial charge in [-0.3, -0.25) is 9.59 Å². The number of primary amides is 1.